The minimum atomic E-state index is -0.119. The van der Waals surface area contributed by atoms with Crippen LogP contribution < -0.4 is 10.1 Å². The number of ether oxygens (including phenoxy) is 1. The maximum Gasteiger partial charge on any atom is 0.227 e. The first-order valence-corrected chi connectivity index (χ1v) is 7.66. The number of hydrogen-bond donors (Lipinski definition) is 1. The summed E-state index contributed by atoms with van der Waals surface area (Å²) in [5.74, 6) is 0.636. The summed E-state index contributed by atoms with van der Waals surface area (Å²) < 4.78 is 6.30. The average molecular weight is 369 g/mol. The molecule has 0 aliphatic rings. The quantitative estimate of drug-likeness (QED) is 0.822. The number of benzene rings is 2. The van der Waals surface area contributed by atoms with Crippen LogP contribution in [0, 0.1) is 6.92 Å². The summed E-state index contributed by atoms with van der Waals surface area (Å²) in [4.78, 5) is 11.9. The molecule has 0 fully saturated rings. The number of aryl methyl sites for hydroxylation is 1. The molecule has 0 aliphatic heterocycles. The van der Waals surface area contributed by atoms with Gasteiger partial charge in [-0.2, -0.15) is 0 Å². The zero-order chi connectivity index (χ0) is 15.2. The van der Waals surface area contributed by atoms with E-state index in [9.17, 15) is 4.79 Å². The fraction of sp³-hybridized carbons (Fsp3) is 0.188. The van der Waals surface area contributed by atoms with Crippen LogP contribution in [0.25, 0.3) is 0 Å². The van der Waals surface area contributed by atoms with Crippen molar-refractivity contribution in [1.29, 1.82) is 0 Å². The van der Waals surface area contributed by atoms with Gasteiger partial charge in [0.05, 0.1) is 18.7 Å². The number of nitrogens with one attached hydrogen (secondary N) is 1. The van der Waals surface area contributed by atoms with Gasteiger partial charge in [0.1, 0.15) is 5.75 Å². The van der Waals surface area contributed by atoms with Gasteiger partial charge < -0.3 is 10.1 Å². The lowest BCUT2D eigenvalue weighted by Crippen LogP contribution is -2.15. The number of anilines is 1. The van der Waals surface area contributed by atoms with Crippen LogP contribution in [0.1, 0.15) is 12.0 Å². The molecule has 1 amide bonds. The van der Waals surface area contributed by atoms with E-state index in [1.165, 1.54) is 0 Å². The van der Waals surface area contributed by atoms with E-state index < -0.39 is 0 Å². The fourth-order valence-corrected chi connectivity index (χ4v) is 2.45. The van der Waals surface area contributed by atoms with Gasteiger partial charge in [-0.25, -0.2) is 0 Å². The fourth-order valence-electron chi connectivity index (χ4n) is 1.73. The van der Waals surface area contributed by atoms with Crippen molar-refractivity contribution in [3.8, 4) is 5.75 Å². The highest BCUT2D eigenvalue weighted by atomic mass is 79.9. The lowest BCUT2D eigenvalue weighted by Gasteiger charge is -2.10. The highest BCUT2D eigenvalue weighted by Gasteiger charge is 2.08. The van der Waals surface area contributed by atoms with E-state index in [-0.39, 0.29) is 12.3 Å². The molecule has 0 bridgehead atoms. The van der Waals surface area contributed by atoms with Crippen molar-refractivity contribution in [2.24, 2.45) is 0 Å². The van der Waals surface area contributed by atoms with Crippen molar-refractivity contribution < 1.29 is 9.53 Å². The van der Waals surface area contributed by atoms with E-state index in [1.807, 2.05) is 43.3 Å². The molecule has 0 unspecified atom stereocenters. The first kappa shape index (κ1) is 15.9. The Bertz CT molecular complexity index is 632. The van der Waals surface area contributed by atoms with E-state index >= 15 is 0 Å². The van der Waals surface area contributed by atoms with Crippen molar-refractivity contribution in [3.05, 3.63) is 57.5 Å². The highest BCUT2D eigenvalue weighted by Crippen LogP contribution is 2.29. The van der Waals surface area contributed by atoms with Crippen LogP contribution in [0.15, 0.2) is 46.9 Å². The van der Waals surface area contributed by atoms with Gasteiger partial charge in [0, 0.05) is 9.50 Å². The Morgan fingerprint density at radius 3 is 2.71 bits per heavy atom. The lowest BCUT2D eigenvalue weighted by molar-refractivity contribution is -0.116. The maximum absolute atomic E-state index is 11.9. The largest absolute Gasteiger partial charge is 0.493 e. The Balaban J connectivity index is 1.86. The molecular formula is C16H15BrClNO2. The zero-order valence-corrected chi connectivity index (χ0v) is 13.9. The summed E-state index contributed by atoms with van der Waals surface area (Å²) >= 11 is 9.47. The summed E-state index contributed by atoms with van der Waals surface area (Å²) in [7, 11) is 0. The molecule has 0 radical (unpaired) electrons. The molecule has 0 aliphatic carbocycles. The van der Waals surface area contributed by atoms with E-state index in [1.54, 1.807) is 6.07 Å². The Labute approximate surface area is 137 Å². The monoisotopic (exact) mass is 367 g/mol. The second kappa shape index (κ2) is 7.48. The SMILES string of the molecule is Cc1cc(Br)c(NC(=O)CCOc2ccccc2)cc1Cl. The van der Waals surface area contributed by atoms with Crippen LogP contribution in [0.4, 0.5) is 5.69 Å². The zero-order valence-electron chi connectivity index (χ0n) is 11.5. The van der Waals surface area contributed by atoms with Crippen LogP contribution in [0.3, 0.4) is 0 Å². The van der Waals surface area contributed by atoms with Crippen molar-refractivity contribution in [1.82, 2.24) is 0 Å². The lowest BCUT2D eigenvalue weighted by atomic mass is 10.2. The van der Waals surface area contributed by atoms with Gasteiger partial charge >= 0.3 is 0 Å². The molecule has 0 aromatic heterocycles. The summed E-state index contributed by atoms with van der Waals surface area (Å²) in [6.45, 7) is 2.24. The third-order valence-corrected chi connectivity index (χ3v) is 3.93. The van der Waals surface area contributed by atoms with Crippen LogP contribution in [-0.2, 0) is 4.79 Å². The normalized spacial score (nSPS) is 10.2. The molecule has 2 aromatic rings. The second-order valence-corrected chi connectivity index (χ2v) is 5.80. The topological polar surface area (TPSA) is 38.3 Å². The molecule has 0 atom stereocenters. The number of amides is 1. The molecule has 110 valence electrons. The summed E-state index contributed by atoms with van der Waals surface area (Å²) in [5, 5.41) is 3.43. The molecule has 1 N–H and O–H groups in total. The van der Waals surface area contributed by atoms with E-state index in [0.29, 0.717) is 17.3 Å². The van der Waals surface area contributed by atoms with Gasteiger partial charge in [0.15, 0.2) is 0 Å². The molecule has 0 saturated heterocycles. The minimum absolute atomic E-state index is 0.119. The predicted molar refractivity (Wildman–Crippen MR) is 89.1 cm³/mol. The van der Waals surface area contributed by atoms with E-state index in [4.69, 9.17) is 16.3 Å². The number of hydrogen-bond acceptors (Lipinski definition) is 2. The number of carbonyl (C=O) groups excluding carboxylic acids is 1. The van der Waals surface area contributed by atoms with Gasteiger partial charge in [0.2, 0.25) is 5.91 Å². The first-order valence-electron chi connectivity index (χ1n) is 6.49. The number of para-hydroxylation sites is 1. The number of halogens is 2. The molecule has 5 heteroatoms. The molecule has 3 nitrogen and oxygen atoms in total. The first-order chi connectivity index (χ1) is 10.1. The number of carbonyl (C=O) groups is 1. The van der Waals surface area contributed by atoms with Gasteiger partial charge in [0.25, 0.3) is 0 Å². The summed E-state index contributed by atoms with van der Waals surface area (Å²) in [6.07, 6.45) is 0.271. The Morgan fingerprint density at radius 1 is 1.29 bits per heavy atom. The molecule has 0 heterocycles. The van der Waals surface area contributed by atoms with Gasteiger partial charge in [-0.1, -0.05) is 29.8 Å². The standard InChI is InChI=1S/C16H15BrClNO2/c1-11-9-13(17)15(10-14(11)18)19-16(20)7-8-21-12-5-3-2-4-6-12/h2-6,9-10H,7-8H2,1H3,(H,19,20). The van der Waals surface area contributed by atoms with E-state index in [2.05, 4.69) is 21.2 Å². The summed E-state index contributed by atoms with van der Waals surface area (Å²) in [6, 6.07) is 13.0. The van der Waals surface area contributed by atoms with Crippen LogP contribution in [-0.4, -0.2) is 12.5 Å². The Hall–Kier alpha value is -1.52. The minimum Gasteiger partial charge on any atom is -0.493 e. The van der Waals surface area contributed by atoms with Crippen LogP contribution >= 0.6 is 27.5 Å². The van der Waals surface area contributed by atoms with Crippen molar-refractivity contribution >= 4 is 39.1 Å². The number of rotatable bonds is 5. The smallest absolute Gasteiger partial charge is 0.227 e. The van der Waals surface area contributed by atoms with Crippen molar-refractivity contribution in [2.45, 2.75) is 13.3 Å². The van der Waals surface area contributed by atoms with E-state index in [0.717, 1.165) is 15.8 Å². The molecule has 2 rings (SSSR count). The predicted octanol–water partition coefficient (Wildman–Crippen LogP) is 4.82. The Kier molecular flexibility index (Phi) is 5.65. The maximum atomic E-state index is 11.9. The molecule has 2 aromatic carbocycles. The van der Waals surface area contributed by atoms with Crippen LogP contribution in [0.2, 0.25) is 5.02 Å². The third-order valence-electron chi connectivity index (χ3n) is 2.86. The molecule has 21 heavy (non-hydrogen) atoms. The average Bonchev–Trinajstić information content (AvgIpc) is 2.46. The van der Waals surface area contributed by atoms with Crippen LogP contribution in [0.5, 0.6) is 5.75 Å². The highest BCUT2D eigenvalue weighted by molar-refractivity contribution is 9.10. The second-order valence-electron chi connectivity index (χ2n) is 4.54. The van der Waals surface area contributed by atoms with Crippen molar-refractivity contribution in [2.75, 3.05) is 11.9 Å². The van der Waals surface area contributed by atoms with Gasteiger partial charge in [-0.3, -0.25) is 4.79 Å². The molecular weight excluding hydrogens is 354 g/mol. The molecule has 0 spiro atoms. The van der Waals surface area contributed by atoms with Gasteiger partial charge in [-0.05, 0) is 52.7 Å². The third kappa shape index (κ3) is 4.76. The summed E-state index contributed by atoms with van der Waals surface area (Å²) in [5.41, 5.74) is 1.62. The molecule has 0 saturated carbocycles. The van der Waals surface area contributed by atoms with Gasteiger partial charge in [-0.15, -0.1) is 0 Å². The van der Waals surface area contributed by atoms with Crippen molar-refractivity contribution in [3.63, 3.8) is 0 Å². The Morgan fingerprint density at radius 2 is 2.00 bits per heavy atom.